The van der Waals surface area contributed by atoms with Crippen molar-refractivity contribution in [2.24, 2.45) is 0 Å². The van der Waals surface area contributed by atoms with E-state index in [9.17, 15) is 5.11 Å². The van der Waals surface area contributed by atoms with Gasteiger partial charge < -0.3 is 14.6 Å². The smallest absolute Gasteiger partial charge is 0.162 e. The van der Waals surface area contributed by atoms with Crippen molar-refractivity contribution >= 4 is 0 Å². The second kappa shape index (κ2) is 4.66. The summed E-state index contributed by atoms with van der Waals surface area (Å²) >= 11 is 0. The lowest BCUT2D eigenvalue weighted by Gasteiger charge is -2.33. The minimum atomic E-state index is -0.885. The Bertz CT molecular complexity index is 381. The zero-order valence-corrected chi connectivity index (χ0v) is 10.6. The van der Waals surface area contributed by atoms with E-state index in [2.05, 4.69) is 5.10 Å². The SMILES string of the molecule is COc1cnn(C(C)C)c1C1(O)CCOCC1. The summed E-state index contributed by atoms with van der Waals surface area (Å²) in [7, 11) is 1.61. The molecule has 1 aromatic rings. The number of ether oxygens (including phenoxy) is 2. The zero-order valence-electron chi connectivity index (χ0n) is 10.6. The van der Waals surface area contributed by atoms with Crippen LogP contribution in [0.1, 0.15) is 38.4 Å². The van der Waals surface area contributed by atoms with Crippen molar-refractivity contribution < 1.29 is 14.6 Å². The number of aromatic nitrogens is 2. The van der Waals surface area contributed by atoms with E-state index in [1.54, 1.807) is 13.3 Å². The molecule has 2 rings (SSSR count). The largest absolute Gasteiger partial charge is 0.493 e. The quantitative estimate of drug-likeness (QED) is 0.869. The molecule has 0 saturated carbocycles. The molecular weight excluding hydrogens is 220 g/mol. The highest BCUT2D eigenvalue weighted by Crippen LogP contribution is 2.38. The predicted molar refractivity (Wildman–Crippen MR) is 63.1 cm³/mol. The van der Waals surface area contributed by atoms with Crippen molar-refractivity contribution in [3.05, 3.63) is 11.9 Å². The van der Waals surface area contributed by atoms with Crippen LogP contribution in [0.25, 0.3) is 0 Å². The number of aliphatic hydroxyl groups is 1. The van der Waals surface area contributed by atoms with Gasteiger partial charge in [0.2, 0.25) is 0 Å². The first-order valence-electron chi connectivity index (χ1n) is 6.00. The first-order valence-corrected chi connectivity index (χ1v) is 6.00. The number of hydrogen-bond acceptors (Lipinski definition) is 4. The normalized spacial score (nSPS) is 19.6. The van der Waals surface area contributed by atoms with Gasteiger partial charge in [0.25, 0.3) is 0 Å². The minimum Gasteiger partial charge on any atom is -0.493 e. The van der Waals surface area contributed by atoms with Gasteiger partial charge in [-0.3, -0.25) is 4.68 Å². The van der Waals surface area contributed by atoms with Gasteiger partial charge in [-0.15, -0.1) is 0 Å². The Morgan fingerprint density at radius 1 is 1.47 bits per heavy atom. The molecule has 1 aliphatic rings. The number of rotatable bonds is 3. The average Bonchev–Trinajstić information content (AvgIpc) is 2.74. The third-order valence-electron chi connectivity index (χ3n) is 3.23. The molecule has 1 aliphatic heterocycles. The fraction of sp³-hybridized carbons (Fsp3) is 0.750. The topological polar surface area (TPSA) is 56.5 Å². The van der Waals surface area contributed by atoms with E-state index in [1.807, 2.05) is 18.5 Å². The van der Waals surface area contributed by atoms with Crippen LogP contribution in [0.3, 0.4) is 0 Å². The molecule has 5 heteroatoms. The summed E-state index contributed by atoms with van der Waals surface area (Å²) in [6, 6.07) is 0.195. The number of nitrogens with zero attached hydrogens (tertiary/aromatic N) is 2. The maximum atomic E-state index is 10.8. The molecule has 17 heavy (non-hydrogen) atoms. The van der Waals surface area contributed by atoms with Gasteiger partial charge in [-0.1, -0.05) is 0 Å². The van der Waals surface area contributed by atoms with E-state index in [-0.39, 0.29) is 6.04 Å². The van der Waals surface area contributed by atoms with Gasteiger partial charge >= 0.3 is 0 Å². The summed E-state index contributed by atoms with van der Waals surface area (Å²) in [4.78, 5) is 0. The molecule has 0 bridgehead atoms. The third-order valence-corrected chi connectivity index (χ3v) is 3.23. The molecule has 1 fully saturated rings. The molecule has 0 radical (unpaired) electrons. The monoisotopic (exact) mass is 240 g/mol. The van der Waals surface area contributed by atoms with Gasteiger partial charge in [-0.25, -0.2) is 0 Å². The van der Waals surface area contributed by atoms with Gasteiger partial charge in [0.15, 0.2) is 5.75 Å². The highest BCUT2D eigenvalue weighted by molar-refractivity contribution is 5.31. The first-order chi connectivity index (χ1) is 8.08. The van der Waals surface area contributed by atoms with Crippen molar-refractivity contribution in [3.63, 3.8) is 0 Å². The standard InChI is InChI=1S/C12H20N2O3/c1-9(2)14-11(10(16-3)8-13-14)12(15)4-6-17-7-5-12/h8-9,15H,4-7H2,1-3H3. The van der Waals surface area contributed by atoms with Crippen LogP contribution in [0.4, 0.5) is 0 Å². The minimum absolute atomic E-state index is 0.195. The molecule has 2 heterocycles. The van der Waals surface area contributed by atoms with Gasteiger partial charge in [-0.2, -0.15) is 5.10 Å². The fourth-order valence-corrected chi connectivity index (χ4v) is 2.28. The Labute approximate surface area is 101 Å². The Morgan fingerprint density at radius 2 is 2.12 bits per heavy atom. The van der Waals surface area contributed by atoms with Crippen LogP contribution in [-0.4, -0.2) is 35.2 Å². The number of hydrogen-bond donors (Lipinski definition) is 1. The molecule has 0 aliphatic carbocycles. The molecule has 5 nitrogen and oxygen atoms in total. The summed E-state index contributed by atoms with van der Waals surface area (Å²) in [5.74, 6) is 0.656. The lowest BCUT2D eigenvalue weighted by Crippen LogP contribution is -2.36. The third kappa shape index (κ3) is 2.17. The van der Waals surface area contributed by atoms with E-state index in [4.69, 9.17) is 9.47 Å². The number of methoxy groups -OCH3 is 1. The molecule has 0 aromatic carbocycles. The van der Waals surface area contributed by atoms with E-state index < -0.39 is 5.60 Å². The van der Waals surface area contributed by atoms with Crippen molar-refractivity contribution in [3.8, 4) is 5.75 Å². The van der Waals surface area contributed by atoms with E-state index in [0.29, 0.717) is 31.8 Å². The first kappa shape index (κ1) is 12.4. The van der Waals surface area contributed by atoms with Crippen LogP contribution >= 0.6 is 0 Å². The molecule has 0 unspecified atom stereocenters. The van der Waals surface area contributed by atoms with E-state index >= 15 is 0 Å². The van der Waals surface area contributed by atoms with Gasteiger partial charge in [0, 0.05) is 32.1 Å². The van der Waals surface area contributed by atoms with E-state index in [0.717, 1.165) is 5.69 Å². The summed E-state index contributed by atoms with van der Waals surface area (Å²) in [6.07, 6.45) is 2.84. The summed E-state index contributed by atoms with van der Waals surface area (Å²) < 4.78 is 12.5. The van der Waals surface area contributed by atoms with Crippen molar-refractivity contribution in [1.29, 1.82) is 0 Å². The Hall–Kier alpha value is -1.07. The fourth-order valence-electron chi connectivity index (χ4n) is 2.28. The van der Waals surface area contributed by atoms with Crippen molar-refractivity contribution in [2.75, 3.05) is 20.3 Å². The molecule has 1 aromatic heterocycles. The van der Waals surface area contributed by atoms with Crippen LogP contribution in [0, 0.1) is 0 Å². The van der Waals surface area contributed by atoms with Crippen LogP contribution in [0.2, 0.25) is 0 Å². The van der Waals surface area contributed by atoms with Gasteiger partial charge in [-0.05, 0) is 13.8 Å². The van der Waals surface area contributed by atoms with Gasteiger partial charge in [0.05, 0.1) is 13.3 Å². The lowest BCUT2D eigenvalue weighted by atomic mass is 9.90. The Morgan fingerprint density at radius 3 is 2.65 bits per heavy atom. The maximum Gasteiger partial charge on any atom is 0.162 e. The molecule has 0 spiro atoms. The van der Waals surface area contributed by atoms with Crippen LogP contribution in [-0.2, 0) is 10.3 Å². The van der Waals surface area contributed by atoms with Gasteiger partial charge in [0.1, 0.15) is 11.3 Å². The highest BCUT2D eigenvalue weighted by Gasteiger charge is 2.38. The van der Waals surface area contributed by atoms with Crippen LogP contribution in [0.5, 0.6) is 5.75 Å². The van der Waals surface area contributed by atoms with E-state index in [1.165, 1.54) is 0 Å². The predicted octanol–water partition coefficient (Wildman–Crippen LogP) is 1.47. The Balaban J connectivity index is 2.43. The molecule has 96 valence electrons. The molecule has 0 amide bonds. The summed E-state index contributed by atoms with van der Waals surface area (Å²) in [5.41, 5.74) is -0.108. The maximum absolute atomic E-state index is 10.8. The molecule has 1 saturated heterocycles. The molecular formula is C12H20N2O3. The summed E-state index contributed by atoms with van der Waals surface area (Å²) in [5, 5.41) is 15.1. The van der Waals surface area contributed by atoms with Crippen molar-refractivity contribution in [1.82, 2.24) is 9.78 Å². The van der Waals surface area contributed by atoms with Crippen LogP contribution in [0.15, 0.2) is 6.20 Å². The second-order valence-electron chi connectivity index (χ2n) is 4.74. The second-order valence-corrected chi connectivity index (χ2v) is 4.74. The average molecular weight is 240 g/mol. The highest BCUT2D eigenvalue weighted by atomic mass is 16.5. The van der Waals surface area contributed by atoms with Crippen molar-refractivity contribution in [2.45, 2.75) is 38.3 Å². The molecule has 1 N–H and O–H groups in total. The zero-order chi connectivity index (χ0) is 12.5. The Kier molecular flexibility index (Phi) is 3.40. The van der Waals surface area contributed by atoms with Crippen LogP contribution < -0.4 is 4.74 Å². The molecule has 0 atom stereocenters. The summed E-state index contributed by atoms with van der Waals surface area (Å²) in [6.45, 7) is 5.23. The lowest BCUT2D eigenvalue weighted by molar-refractivity contribution is -0.0745.